The van der Waals surface area contributed by atoms with E-state index in [1.807, 2.05) is 13.8 Å². The molecule has 120 valence electrons. The zero-order chi connectivity index (χ0) is 15.9. The van der Waals surface area contributed by atoms with Crippen LogP contribution in [0.25, 0.3) is 0 Å². The number of esters is 1. The highest BCUT2D eigenvalue weighted by atomic mass is 16.6. The van der Waals surface area contributed by atoms with Gasteiger partial charge in [-0.05, 0) is 38.0 Å². The van der Waals surface area contributed by atoms with E-state index in [1.54, 1.807) is 0 Å². The molecule has 0 aromatic rings. The number of carbonyl (C=O) groups is 2. The number of aliphatic carboxylic acids is 1. The lowest BCUT2D eigenvalue weighted by atomic mass is 9.72. The SMILES string of the molecule is CCCC1CCC(C(C)(CC)OC(=O)/C=C/C(=O)O)CC1. The van der Waals surface area contributed by atoms with Gasteiger partial charge < -0.3 is 9.84 Å². The quantitative estimate of drug-likeness (QED) is 0.571. The lowest BCUT2D eigenvalue weighted by molar-refractivity contribution is -0.160. The molecule has 1 unspecified atom stereocenters. The first-order valence-electron chi connectivity index (χ1n) is 8.05. The highest BCUT2D eigenvalue weighted by molar-refractivity contribution is 5.90. The van der Waals surface area contributed by atoms with Crippen molar-refractivity contribution >= 4 is 11.9 Å². The van der Waals surface area contributed by atoms with E-state index >= 15 is 0 Å². The largest absolute Gasteiger partial charge is 0.478 e. The van der Waals surface area contributed by atoms with Gasteiger partial charge in [0.15, 0.2) is 0 Å². The van der Waals surface area contributed by atoms with Crippen molar-refractivity contribution < 1.29 is 19.4 Å². The van der Waals surface area contributed by atoms with Gasteiger partial charge in [0.1, 0.15) is 5.60 Å². The first-order valence-corrected chi connectivity index (χ1v) is 8.05. The number of hydrogen-bond donors (Lipinski definition) is 1. The van der Waals surface area contributed by atoms with E-state index in [0.717, 1.165) is 37.3 Å². The van der Waals surface area contributed by atoms with Crippen LogP contribution in [0.3, 0.4) is 0 Å². The van der Waals surface area contributed by atoms with Crippen LogP contribution in [-0.2, 0) is 14.3 Å². The van der Waals surface area contributed by atoms with Crippen LogP contribution in [0.5, 0.6) is 0 Å². The van der Waals surface area contributed by atoms with Crippen molar-refractivity contribution in [3.05, 3.63) is 12.2 Å². The Balaban J connectivity index is 2.59. The van der Waals surface area contributed by atoms with E-state index in [-0.39, 0.29) is 0 Å². The van der Waals surface area contributed by atoms with Crippen molar-refractivity contribution in [3.8, 4) is 0 Å². The average Bonchev–Trinajstić information content (AvgIpc) is 2.46. The summed E-state index contributed by atoms with van der Waals surface area (Å²) in [5.74, 6) is -0.504. The summed E-state index contributed by atoms with van der Waals surface area (Å²) >= 11 is 0. The summed E-state index contributed by atoms with van der Waals surface area (Å²) in [6, 6.07) is 0. The van der Waals surface area contributed by atoms with Gasteiger partial charge in [0.25, 0.3) is 0 Å². The maximum Gasteiger partial charge on any atom is 0.331 e. The van der Waals surface area contributed by atoms with Crippen LogP contribution in [0.1, 0.15) is 65.7 Å². The second kappa shape index (κ2) is 8.20. The normalized spacial score (nSPS) is 25.5. The highest BCUT2D eigenvalue weighted by Gasteiger charge is 2.38. The summed E-state index contributed by atoms with van der Waals surface area (Å²) in [5, 5.41) is 8.55. The van der Waals surface area contributed by atoms with Crippen LogP contribution in [0.2, 0.25) is 0 Å². The molecule has 0 aromatic heterocycles. The Morgan fingerprint density at radius 2 is 1.81 bits per heavy atom. The summed E-state index contributed by atoms with van der Waals surface area (Å²) < 4.78 is 5.58. The fourth-order valence-corrected chi connectivity index (χ4v) is 3.32. The number of hydrogen-bond acceptors (Lipinski definition) is 3. The second-order valence-corrected chi connectivity index (χ2v) is 6.27. The van der Waals surface area contributed by atoms with Crippen molar-refractivity contribution in [3.63, 3.8) is 0 Å². The summed E-state index contributed by atoms with van der Waals surface area (Å²) in [7, 11) is 0. The van der Waals surface area contributed by atoms with E-state index in [0.29, 0.717) is 5.92 Å². The molecule has 1 aliphatic rings. The Bertz CT molecular complexity index is 380. The first-order chi connectivity index (χ1) is 9.91. The molecule has 21 heavy (non-hydrogen) atoms. The van der Waals surface area contributed by atoms with Crippen molar-refractivity contribution in [2.45, 2.75) is 71.3 Å². The number of ether oxygens (including phenoxy) is 1. The molecule has 0 amide bonds. The molecule has 0 saturated heterocycles. The van der Waals surface area contributed by atoms with Crippen LogP contribution in [0, 0.1) is 11.8 Å². The molecular weight excluding hydrogens is 268 g/mol. The van der Waals surface area contributed by atoms with E-state index in [4.69, 9.17) is 9.84 Å². The van der Waals surface area contributed by atoms with Crippen molar-refractivity contribution in [1.29, 1.82) is 0 Å². The zero-order valence-electron chi connectivity index (χ0n) is 13.4. The fourth-order valence-electron chi connectivity index (χ4n) is 3.32. The van der Waals surface area contributed by atoms with E-state index in [1.165, 1.54) is 25.7 Å². The molecule has 0 bridgehead atoms. The molecule has 0 aliphatic heterocycles. The Kier molecular flexibility index (Phi) is 6.93. The molecule has 0 heterocycles. The molecular formula is C17H28O4. The van der Waals surface area contributed by atoms with Crippen LogP contribution in [0.4, 0.5) is 0 Å². The third-order valence-corrected chi connectivity index (χ3v) is 4.81. The Morgan fingerprint density at radius 1 is 1.19 bits per heavy atom. The van der Waals surface area contributed by atoms with Crippen LogP contribution < -0.4 is 0 Å². The molecule has 0 radical (unpaired) electrons. The monoisotopic (exact) mass is 296 g/mol. The van der Waals surface area contributed by atoms with Gasteiger partial charge in [0.05, 0.1) is 0 Å². The molecule has 4 nitrogen and oxygen atoms in total. The molecule has 1 rings (SSSR count). The Labute approximate surface area is 127 Å². The summed E-state index contributed by atoms with van der Waals surface area (Å²) in [6.45, 7) is 6.22. The van der Waals surface area contributed by atoms with Crippen LogP contribution >= 0.6 is 0 Å². The van der Waals surface area contributed by atoms with Crippen molar-refractivity contribution in [1.82, 2.24) is 0 Å². The molecule has 1 fully saturated rings. The van der Waals surface area contributed by atoms with Gasteiger partial charge in [-0.1, -0.05) is 39.5 Å². The van der Waals surface area contributed by atoms with E-state index < -0.39 is 17.5 Å². The van der Waals surface area contributed by atoms with Gasteiger partial charge in [0, 0.05) is 12.2 Å². The Hall–Kier alpha value is -1.32. The topological polar surface area (TPSA) is 63.6 Å². The number of carboxylic acids is 1. The maximum atomic E-state index is 11.8. The standard InChI is InChI=1S/C17H28O4/c1-4-6-13-7-9-14(10-8-13)17(3,5-2)21-16(20)12-11-15(18)19/h11-14H,4-10H2,1-3H3,(H,18,19)/b12-11+. The van der Waals surface area contributed by atoms with Gasteiger partial charge in [-0.15, -0.1) is 0 Å². The van der Waals surface area contributed by atoms with E-state index in [9.17, 15) is 9.59 Å². The minimum Gasteiger partial charge on any atom is -0.478 e. The van der Waals surface area contributed by atoms with Gasteiger partial charge in [-0.2, -0.15) is 0 Å². The Morgan fingerprint density at radius 3 is 2.29 bits per heavy atom. The predicted molar refractivity (Wildman–Crippen MR) is 81.9 cm³/mol. The minimum absolute atomic E-state index is 0.373. The smallest absolute Gasteiger partial charge is 0.331 e. The molecule has 0 aromatic carbocycles. The summed E-state index contributed by atoms with van der Waals surface area (Å²) in [4.78, 5) is 22.2. The number of carboxylic acid groups (broad SMARTS) is 1. The third kappa shape index (κ3) is 5.52. The predicted octanol–water partition coefficient (Wildman–Crippen LogP) is 3.95. The lowest BCUT2D eigenvalue weighted by Gasteiger charge is -2.40. The minimum atomic E-state index is -1.13. The van der Waals surface area contributed by atoms with Crippen molar-refractivity contribution in [2.24, 2.45) is 11.8 Å². The molecule has 1 saturated carbocycles. The van der Waals surface area contributed by atoms with Gasteiger partial charge in [-0.3, -0.25) is 0 Å². The average molecular weight is 296 g/mol. The molecule has 1 aliphatic carbocycles. The van der Waals surface area contributed by atoms with Gasteiger partial charge in [0.2, 0.25) is 0 Å². The maximum absolute atomic E-state index is 11.8. The fraction of sp³-hybridized carbons (Fsp3) is 0.765. The molecule has 4 heteroatoms. The second-order valence-electron chi connectivity index (χ2n) is 6.27. The first kappa shape index (κ1) is 17.7. The summed E-state index contributed by atoms with van der Waals surface area (Å²) in [6.07, 6.45) is 9.69. The zero-order valence-corrected chi connectivity index (χ0v) is 13.4. The molecule has 1 N–H and O–H groups in total. The van der Waals surface area contributed by atoms with Gasteiger partial charge in [-0.25, -0.2) is 9.59 Å². The summed E-state index contributed by atoms with van der Waals surface area (Å²) in [5.41, 5.74) is -0.489. The molecule has 0 spiro atoms. The third-order valence-electron chi connectivity index (χ3n) is 4.81. The van der Waals surface area contributed by atoms with Crippen molar-refractivity contribution in [2.75, 3.05) is 0 Å². The van der Waals surface area contributed by atoms with E-state index in [2.05, 4.69) is 6.92 Å². The number of rotatable bonds is 7. The van der Waals surface area contributed by atoms with Gasteiger partial charge >= 0.3 is 11.9 Å². The highest BCUT2D eigenvalue weighted by Crippen LogP contribution is 2.40. The number of carbonyl (C=O) groups excluding carboxylic acids is 1. The lowest BCUT2D eigenvalue weighted by Crippen LogP contribution is -2.40. The van der Waals surface area contributed by atoms with Crippen LogP contribution in [-0.4, -0.2) is 22.6 Å². The van der Waals surface area contributed by atoms with Crippen LogP contribution in [0.15, 0.2) is 12.2 Å². The molecule has 1 atom stereocenters.